The number of hydrogen-bond acceptors (Lipinski definition) is 10. The number of nitrogens with zero attached hydrogens (tertiary/aromatic N) is 5. The molecule has 0 aliphatic carbocycles. The van der Waals surface area contributed by atoms with Gasteiger partial charge in [-0.05, 0) is 30.3 Å². The van der Waals surface area contributed by atoms with Crippen molar-refractivity contribution in [2.75, 3.05) is 10.7 Å². The fourth-order valence-electron chi connectivity index (χ4n) is 2.62. The highest BCUT2D eigenvalue weighted by Gasteiger charge is 2.11. The van der Waals surface area contributed by atoms with Crippen LogP contribution in [0.1, 0.15) is 5.56 Å². The topological polar surface area (TPSA) is 149 Å². The number of nitrogens with one attached hydrogen (secondary N) is 2. The normalized spacial score (nSPS) is 11.1. The highest BCUT2D eigenvalue weighted by Crippen LogP contribution is 2.34. The van der Waals surface area contributed by atoms with Gasteiger partial charge in [0.1, 0.15) is 23.7 Å². The van der Waals surface area contributed by atoms with Crippen LogP contribution < -0.4 is 10.7 Å². The molecule has 0 fully saturated rings. The van der Waals surface area contributed by atoms with Crippen LogP contribution >= 0.6 is 11.6 Å². The number of hydrazone groups is 1. The van der Waals surface area contributed by atoms with Gasteiger partial charge in [0.25, 0.3) is 0 Å². The third-order valence-electron chi connectivity index (χ3n) is 3.98. The quantitative estimate of drug-likeness (QED) is 0.185. The summed E-state index contributed by atoms with van der Waals surface area (Å²) in [5.74, 6) is -0.745. The van der Waals surface area contributed by atoms with Crippen molar-refractivity contribution >= 4 is 46.2 Å². The molecule has 2 heterocycles. The molecule has 0 amide bonds. The van der Waals surface area contributed by atoms with Crippen molar-refractivity contribution in [1.82, 2.24) is 19.9 Å². The summed E-state index contributed by atoms with van der Waals surface area (Å²) < 4.78 is 0. The minimum atomic E-state index is -0.599. The van der Waals surface area contributed by atoms with Crippen molar-refractivity contribution in [1.29, 1.82) is 0 Å². The Hall–Kier alpha value is -4.18. The van der Waals surface area contributed by atoms with E-state index in [1.165, 1.54) is 31.0 Å². The maximum atomic E-state index is 9.56. The third kappa shape index (κ3) is 3.98. The van der Waals surface area contributed by atoms with Crippen molar-refractivity contribution in [3.8, 4) is 17.2 Å². The van der Waals surface area contributed by atoms with E-state index in [0.717, 1.165) is 5.69 Å². The molecular formula is C19H14ClN7O3. The summed E-state index contributed by atoms with van der Waals surface area (Å²) in [6, 6.07) is 9.65. The lowest BCUT2D eigenvalue weighted by molar-refractivity contribution is 0.368. The maximum Gasteiger partial charge on any atom is 0.200 e. The number of benzene rings is 2. The zero-order chi connectivity index (χ0) is 21.1. The van der Waals surface area contributed by atoms with Crippen LogP contribution in [0, 0.1) is 0 Å². The van der Waals surface area contributed by atoms with Crippen LogP contribution in [0.3, 0.4) is 0 Å². The predicted molar refractivity (Wildman–Crippen MR) is 113 cm³/mol. The molecule has 0 atom stereocenters. The summed E-state index contributed by atoms with van der Waals surface area (Å²) in [5, 5.41) is 36.3. The second-order valence-electron chi connectivity index (χ2n) is 6.05. The Morgan fingerprint density at radius 2 is 1.53 bits per heavy atom. The van der Waals surface area contributed by atoms with Gasteiger partial charge in [0.2, 0.25) is 0 Å². The average Bonchev–Trinajstić information content (AvgIpc) is 2.72. The first-order valence-electron chi connectivity index (χ1n) is 8.53. The molecule has 0 bridgehead atoms. The molecule has 4 rings (SSSR count). The lowest BCUT2D eigenvalue weighted by atomic mass is 10.2. The Labute approximate surface area is 174 Å². The number of phenols is 3. The molecule has 11 heteroatoms. The first-order valence-corrected chi connectivity index (χ1v) is 8.91. The molecule has 10 nitrogen and oxygen atoms in total. The second-order valence-corrected chi connectivity index (χ2v) is 6.49. The Kier molecular flexibility index (Phi) is 5.14. The smallest absolute Gasteiger partial charge is 0.200 e. The summed E-state index contributed by atoms with van der Waals surface area (Å²) in [6.45, 7) is 0. The van der Waals surface area contributed by atoms with Gasteiger partial charge in [-0.1, -0.05) is 17.7 Å². The van der Waals surface area contributed by atoms with E-state index in [9.17, 15) is 15.3 Å². The second kappa shape index (κ2) is 8.05. The number of rotatable bonds is 5. The highest BCUT2D eigenvalue weighted by atomic mass is 35.5. The molecular weight excluding hydrogens is 410 g/mol. The first kappa shape index (κ1) is 19.2. The fourth-order valence-corrected chi connectivity index (χ4v) is 2.81. The number of aromatic hydroxyl groups is 3. The number of anilines is 3. The summed E-state index contributed by atoms with van der Waals surface area (Å²) in [7, 11) is 0. The standard InChI is InChI=1S/C19H14ClN7O3/c20-11-2-1-3-12(6-11)26-18-15-16(22-8-23-18)19(24-9-21-15)27-25-7-10-4-13(28)17(30)14(29)5-10/h1-9,28-30H,(H,21,24,27)(H,22,23,26)/b25-7+. The Bertz CT molecular complexity index is 1240. The van der Waals surface area contributed by atoms with Gasteiger partial charge in [0.15, 0.2) is 28.9 Å². The largest absolute Gasteiger partial charge is 0.504 e. The molecule has 2 aromatic carbocycles. The van der Waals surface area contributed by atoms with E-state index in [2.05, 4.69) is 35.8 Å². The van der Waals surface area contributed by atoms with Crippen molar-refractivity contribution in [3.05, 3.63) is 59.6 Å². The Morgan fingerprint density at radius 3 is 2.23 bits per heavy atom. The van der Waals surface area contributed by atoms with Crippen molar-refractivity contribution in [2.45, 2.75) is 0 Å². The predicted octanol–water partition coefficient (Wildman–Crippen LogP) is 3.38. The van der Waals surface area contributed by atoms with E-state index >= 15 is 0 Å². The fraction of sp³-hybridized carbons (Fsp3) is 0. The summed E-state index contributed by atoms with van der Waals surface area (Å²) >= 11 is 6.02. The molecule has 30 heavy (non-hydrogen) atoms. The molecule has 0 radical (unpaired) electrons. The van der Waals surface area contributed by atoms with Crippen molar-refractivity contribution in [2.24, 2.45) is 5.10 Å². The van der Waals surface area contributed by atoms with Crippen LogP contribution in [-0.4, -0.2) is 41.5 Å². The number of halogens is 1. The Balaban J connectivity index is 1.61. The van der Waals surface area contributed by atoms with Gasteiger partial charge in [-0.15, -0.1) is 0 Å². The highest BCUT2D eigenvalue weighted by molar-refractivity contribution is 6.30. The minimum absolute atomic E-state index is 0.319. The number of fused-ring (bicyclic) bond motifs is 1. The van der Waals surface area contributed by atoms with Crippen molar-refractivity contribution < 1.29 is 15.3 Å². The Morgan fingerprint density at radius 1 is 0.867 bits per heavy atom. The van der Waals surface area contributed by atoms with E-state index in [4.69, 9.17) is 11.6 Å². The van der Waals surface area contributed by atoms with E-state index in [1.54, 1.807) is 12.1 Å². The van der Waals surface area contributed by atoms with Crippen molar-refractivity contribution in [3.63, 3.8) is 0 Å². The first-order chi connectivity index (χ1) is 14.5. The number of aromatic nitrogens is 4. The van der Waals surface area contributed by atoms with Crippen LogP contribution in [0.5, 0.6) is 17.2 Å². The minimum Gasteiger partial charge on any atom is -0.504 e. The number of phenolic OH excluding ortho intramolecular Hbond substituents is 3. The van der Waals surface area contributed by atoms with Gasteiger partial charge in [-0.3, -0.25) is 5.43 Å². The van der Waals surface area contributed by atoms with Crippen LogP contribution in [0.4, 0.5) is 17.3 Å². The SMILES string of the molecule is Oc1cc(/C=N/Nc2ncnc3c(Nc4cccc(Cl)c4)ncnc23)cc(O)c1O. The van der Waals surface area contributed by atoms with Crippen LogP contribution in [0.2, 0.25) is 5.02 Å². The van der Waals surface area contributed by atoms with E-state index in [1.807, 2.05) is 12.1 Å². The lowest BCUT2D eigenvalue weighted by Gasteiger charge is -2.09. The van der Waals surface area contributed by atoms with Crippen LogP contribution in [-0.2, 0) is 0 Å². The van der Waals surface area contributed by atoms with Crippen LogP contribution in [0.15, 0.2) is 54.2 Å². The zero-order valence-corrected chi connectivity index (χ0v) is 15.9. The average molecular weight is 424 g/mol. The van der Waals surface area contributed by atoms with Crippen LogP contribution in [0.25, 0.3) is 11.0 Å². The summed E-state index contributed by atoms with van der Waals surface area (Å²) in [6.07, 6.45) is 4.04. The molecule has 0 unspecified atom stereocenters. The van der Waals surface area contributed by atoms with Gasteiger partial charge >= 0.3 is 0 Å². The number of hydrogen-bond donors (Lipinski definition) is 5. The summed E-state index contributed by atoms with van der Waals surface area (Å²) in [4.78, 5) is 16.8. The summed E-state index contributed by atoms with van der Waals surface area (Å²) in [5.41, 5.74) is 4.72. The molecule has 4 aromatic rings. The van der Waals surface area contributed by atoms with E-state index < -0.39 is 17.2 Å². The van der Waals surface area contributed by atoms with Gasteiger partial charge in [-0.25, -0.2) is 19.9 Å². The monoisotopic (exact) mass is 423 g/mol. The van der Waals surface area contributed by atoms with E-state index in [-0.39, 0.29) is 0 Å². The van der Waals surface area contributed by atoms with Gasteiger partial charge in [0, 0.05) is 16.3 Å². The molecule has 0 saturated heterocycles. The van der Waals surface area contributed by atoms with E-state index in [0.29, 0.717) is 33.3 Å². The molecule has 150 valence electrons. The molecule has 5 N–H and O–H groups in total. The van der Waals surface area contributed by atoms with Gasteiger partial charge < -0.3 is 20.6 Å². The lowest BCUT2D eigenvalue weighted by Crippen LogP contribution is -2.01. The molecule has 0 aliphatic rings. The molecule has 0 aliphatic heterocycles. The molecule has 0 saturated carbocycles. The maximum absolute atomic E-state index is 9.56. The molecule has 0 spiro atoms. The van der Waals surface area contributed by atoms with Gasteiger partial charge in [0.05, 0.1) is 6.21 Å². The zero-order valence-electron chi connectivity index (χ0n) is 15.2. The third-order valence-corrected chi connectivity index (χ3v) is 4.22. The molecule has 2 aromatic heterocycles. The van der Waals surface area contributed by atoms with Gasteiger partial charge in [-0.2, -0.15) is 5.10 Å².